The normalized spacial score (nSPS) is 15.6. The number of rotatable bonds is 8. The second kappa shape index (κ2) is 10.5. The molecule has 170 valence electrons. The SMILES string of the molecule is CCc1cccc(CC)c1NC(=O)COC(=O)[C@H]1CC(=O)N(c2cc(Cl)ccc2OC)C1. The predicted molar refractivity (Wildman–Crippen MR) is 123 cm³/mol. The van der Waals surface area contributed by atoms with E-state index in [4.69, 9.17) is 21.1 Å². The van der Waals surface area contributed by atoms with Crippen LogP contribution in [-0.4, -0.2) is 38.0 Å². The summed E-state index contributed by atoms with van der Waals surface area (Å²) in [5.74, 6) is -1.42. The number of benzene rings is 2. The molecule has 0 radical (unpaired) electrons. The number of ether oxygens (including phenoxy) is 2. The lowest BCUT2D eigenvalue weighted by Crippen LogP contribution is -2.28. The minimum atomic E-state index is -0.673. The van der Waals surface area contributed by atoms with E-state index < -0.39 is 24.4 Å². The van der Waals surface area contributed by atoms with E-state index in [2.05, 4.69) is 5.32 Å². The minimum absolute atomic E-state index is 0.00519. The van der Waals surface area contributed by atoms with Crippen molar-refractivity contribution in [2.75, 3.05) is 30.5 Å². The standard InChI is InChI=1S/C24H27ClN2O5/c1-4-15-7-6-8-16(5-2)23(15)26-21(28)14-32-24(30)17-11-22(29)27(13-17)19-12-18(25)9-10-20(19)31-3/h6-10,12,17H,4-5,11,13-14H2,1-3H3,(H,26,28)/t17-/m0/s1. The first-order chi connectivity index (χ1) is 15.4. The Kier molecular flexibility index (Phi) is 7.75. The van der Waals surface area contributed by atoms with E-state index >= 15 is 0 Å². The van der Waals surface area contributed by atoms with Crippen molar-refractivity contribution in [1.29, 1.82) is 0 Å². The largest absolute Gasteiger partial charge is 0.495 e. The first-order valence-corrected chi connectivity index (χ1v) is 11.0. The molecule has 32 heavy (non-hydrogen) atoms. The van der Waals surface area contributed by atoms with Crippen molar-refractivity contribution >= 4 is 40.8 Å². The van der Waals surface area contributed by atoms with Crippen LogP contribution in [0.5, 0.6) is 5.75 Å². The van der Waals surface area contributed by atoms with Gasteiger partial charge in [0.1, 0.15) is 5.75 Å². The maximum Gasteiger partial charge on any atom is 0.311 e. The number of halogens is 1. The van der Waals surface area contributed by atoms with Crippen LogP contribution in [0.1, 0.15) is 31.4 Å². The van der Waals surface area contributed by atoms with Gasteiger partial charge in [0.2, 0.25) is 5.91 Å². The minimum Gasteiger partial charge on any atom is -0.495 e. The number of hydrogen-bond acceptors (Lipinski definition) is 5. The van der Waals surface area contributed by atoms with E-state index in [1.54, 1.807) is 18.2 Å². The van der Waals surface area contributed by atoms with Crippen LogP contribution in [0.4, 0.5) is 11.4 Å². The second-order valence-electron chi connectivity index (χ2n) is 7.54. The third kappa shape index (κ3) is 5.22. The van der Waals surface area contributed by atoms with Crippen LogP contribution in [0.2, 0.25) is 5.02 Å². The average Bonchev–Trinajstić information content (AvgIpc) is 3.19. The number of carbonyl (C=O) groups is 3. The van der Waals surface area contributed by atoms with Crippen molar-refractivity contribution < 1.29 is 23.9 Å². The number of para-hydroxylation sites is 1. The molecule has 1 saturated heterocycles. The summed E-state index contributed by atoms with van der Waals surface area (Å²) in [4.78, 5) is 39.0. The number of amides is 2. The Bertz CT molecular complexity index is 1000. The second-order valence-corrected chi connectivity index (χ2v) is 7.97. The van der Waals surface area contributed by atoms with Gasteiger partial charge in [-0.1, -0.05) is 43.6 Å². The van der Waals surface area contributed by atoms with Gasteiger partial charge in [-0.05, 0) is 42.2 Å². The van der Waals surface area contributed by atoms with Crippen LogP contribution in [0.15, 0.2) is 36.4 Å². The fourth-order valence-corrected chi connectivity index (χ4v) is 3.97. The van der Waals surface area contributed by atoms with Gasteiger partial charge >= 0.3 is 5.97 Å². The summed E-state index contributed by atoms with van der Waals surface area (Å²) in [5, 5.41) is 3.32. The fraction of sp³-hybridized carbons (Fsp3) is 0.375. The highest BCUT2D eigenvalue weighted by Gasteiger charge is 2.37. The Morgan fingerprint density at radius 2 is 1.84 bits per heavy atom. The predicted octanol–water partition coefficient (Wildman–Crippen LogP) is 4.01. The van der Waals surface area contributed by atoms with Gasteiger partial charge in [-0.2, -0.15) is 0 Å². The third-order valence-corrected chi connectivity index (χ3v) is 5.73. The maximum absolute atomic E-state index is 12.6. The van der Waals surface area contributed by atoms with Gasteiger partial charge in [0.05, 0.1) is 18.7 Å². The molecule has 1 aliphatic rings. The summed E-state index contributed by atoms with van der Waals surface area (Å²) in [7, 11) is 1.50. The van der Waals surface area contributed by atoms with Crippen molar-refractivity contribution in [3.05, 3.63) is 52.5 Å². The summed E-state index contributed by atoms with van der Waals surface area (Å²) in [6, 6.07) is 10.8. The average molecular weight is 459 g/mol. The molecule has 7 nitrogen and oxygen atoms in total. The van der Waals surface area contributed by atoms with Crippen molar-refractivity contribution in [3.8, 4) is 5.75 Å². The highest BCUT2D eigenvalue weighted by Crippen LogP contribution is 2.35. The highest BCUT2D eigenvalue weighted by atomic mass is 35.5. The van der Waals surface area contributed by atoms with Crippen LogP contribution >= 0.6 is 11.6 Å². The molecular weight excluding hydrogens is 432 g/mol. The lowest BCUT2D eigenvalue weighted by molar-refractivity contribution is -0.151. The third-order valence-electron chi connectivity index (χ3n) is 5.50. The first-order valence-electron chi connectivity index (χ1n) is 10.6. The Hall–Kier alpha value is -3.06. The number of nitrogens with zero attached hydrogens (tertiary/aromatic N) is 1. The van der Waals surface area contributed by atoms with E-state index in [0.717, 1.165) is 29.7 Å². The highest BCUT2D eigenvalue weighted by molar-refractivity contribution is 6.31. The van der Waals surface area contributed by atoms with Gasteiger partial charge in [0, 0.05) is 23.7 Å². The molecule has 8 heteroatoms. The molecule has 0 unspecified atom stereocenters. The van der Waals surface area contributed by atoms with E-state index in [9.17, 15) is 14.4 Å². The number of anilines is 2. The van der Waals surface area contributed by atoms with Gasteiger partial charge in [-0.25, -0.2) is 0 Å². The summed E-state index contributed by atoms with van der Waals surface area (Å²) in [6.07, 6.45) is 1.54. The van der Waals surface area contributed by atoms with Crippen LogP contribution in [0.25, 0.3) is 0 Å². The summed E-state index contributed by atoms with van der Waals surface area (Å²) < 4.78 is 10.5. The van der Waals surface area contributed by atoms with Gasteiger partial charge < -0.3 is 19.7 Å². The Morgan fingerprint density at radius 1 is 1.16 bits per heavy atom. The zero-order valence-electron chi connectivity index (χ0n) is 18.4. The van der Waals surface area contributed by atoms with Crippen LogP contribution < -0.4 is 15.0 Å². The molecule has 1 heterocycles. The number of nitrogens with one attached hydrogen (secondary N) is 1. The number of carbonyl (C=O) groups excluding carboxylic acids is 3. The van der Waals surface area contributed by atoms with Crippen LogP contribution in [0.3, 0.4) is 0 Å². The monoisotopic (exact) mass is 458 g/mol. The van der Waals surface area contributed by atoms with Gasteiger partial charge in [0.15, 0.2) is 6.61 Å². The van der Waals surface area contributed by atoms with Crippen molar-refractivity contribution in [3.63, 3.8) is 0 Å². The van der Waals surface area contributed by atoms with Crippen molar-refractivity contribution in [2.24, 2.45) is 5.92 Å². The molecule has 3 rings (SSSR count). The molecule has 1 N–H and O–H groups in total. The lowest BCUT2D eigenvalue weighted by Gasteiger charge is -2.19. The molecule has 2 amide bonds. The number of esters is 1. The van der Waals surface area contributed by atoms with Crippen LogP contribution in [-0.2, 0) is 32.0 Å². The van der Waals surface area contributed by atoms with Crippen molar-refractivity contribution in [2.45, 2.75) is 33.1 Å². The molecule has 0 spiro atoms. The molecule has 2 aromatic rings. The topological polar surface area (TPSA) is 84.9 Å². The number of aryl methyl sites for hydroxylation is 2. The molecule has 2 aromatic carbocycles. The molecule has 1 atom stereocenters. The zero-order valence-corrected chi connectivity index (χ0v) is 19.2. The van der Waals surface area contributed by atoms with Crippen LogP contribution in [0, 0.1) is 5.92 Å². The van der Waals surface area contributed by atoms with Gasteiger partial charge in [-0.15, -0.1) is 0 Å². The summed E-state index contributed by atoms with van der Waals surface area (Å²) in [5.41, 5.74) is 3.32. The van der Waals surface area contributed by atoms with E-state index in [1.807, 2.05) is 32.0 Å². The Balaban J connectivity index is 1.61. The molecule has 0 aliphatic carbocycles. The summed E-state index contributed by atoms with van der Waals surface area (Å²) in [6.45, 7) is 3.75. The van der Waals surface area contributed by atoms with Gasteiger partial charge in [0.25, 0.3) is 5.91 Å². The number of hydrogen-bond donors (Lipinski definition) is 1. The fourth-order valence-electron chi connectivity index (χ4n) is 3.81. The maximum atomic E-state index is 12.6. The molecular formula is C24H27ClN2O5. The van der Waals surface area contributed by atoms with E-state index in [-0.39, 0.29) is 18.9 Å². The van der Waals surface area contributed by atoms with Crippen molar-refractivity contribution in [1.82, 2.24) is 0 Å². The number of methoxy groups -OCH3 is 1. The van der Waals surface area contributed by atoms with E-state index in [0.29, 0.717) is 16.5 Å². The lowest BCUT2D eigenvalue weighted by atomic mass is 10.0. The molecule has 0 bridgehead atoms. The van der Waals surface area contributed by atoms with Gasteiger partial charge in [-0.3, -0.25) is 14.4 Å². The molecule has 1 aliphatic heterocycles. The molecule has 0 saturated carbocycles. The molecule has 1 fully saturated rings. The molecule has 0 aromatic heterocycles. The smallest absolute Gasteiger partial charge is 0.311 e. The Morgan fingerprint density at radius 3 is 2.47 bits per heavy atom. The summed E-state index contributed by atoms with van der Waals surface area (Å²) >= 11 is 6.06. The quantitative estimate of drug-likeness (QED) is 0.604. The Labute approximate surface area is 192 Å². The zero-order chi connectivity index (χ0) is 23.3. The first kappa shape index (κ1) is 23.6. The van der Waals surface area contributed by atoms with E-state index in [1.165, 1.54) is 12.0 Å².